The summed E-state index contributed by atoms with van der Waals surface area (Å²) in [6.07, 6.45) is 0. The van der Waals surface area contributed by atoms with Gasteiger partial charge in [0.15, 0.2) is 0 Å². The molecule has 0 aliphatic rings. The fourth-order valence-electron chi connectivity index (χ4n) is 2.13. The van der Waals surface area contributed by atoms with E-state index in [0.29, 0.717) is 0 Å². The number of benzene rings is 1. The lowest BCUT2D eigenvalue weighted by molar-refractivity contribution is 0.834. The van der Waals surface area contributed by atoms with Crippen LogP contribution in [0.5, 0.6) is 0 Å². The number of pyridine rings is 1. The second kappa shape index (κ2) is 4.52. The molecule has 2 heterocycles. The third-order valence-corrected chi connectivity index (χ3v) is 4.03. The smallest absolute Gasteiger partial charge is 0.0737 e. The quantitative estimate of drug-likeness (QED) is 0.758. The molecule has 0 bridgehead atoms. The number of para-hydroxylation sites is 1. The molecule has 0 fully saturated rings. The molecule has 18 heavy (non-hydrogen) atoms. The van der Waals surface area contributed by atoms with Gasteiger partial charge in [0.2, 0.25) is 0 Å². The summed E-state index contributed by atoms with van der Waals surface area (Å²) in [4.78, 5) is 5.91. The summed E-state index contributed by atoms with van der Waals surface area (Å²) in [6.45, 7) is 2.10. The van der Waals surface area contributed by atoms with Gasteiger partial charge in [0.25, 0.3) is 0 Å². The average molecular weight is 254 g/mol. The first-order valence-electron chi connectivity index (χ1n) is 5.91. The molecule has 1 atom stereocenters. The zero-order valence-corrected chi connectivity index (χ0v) is 10.9. The summed E-state index contributed by atoms with van der Waals surface area (Å²) < 4.78 is 0. The molecule has 3 heteroatoms. The summed E-state index contributed by atoms with van der Waals surface area (Å²) >= 11 is 1.72. The van der Waals surface area contributed by atoms with Crippen LogP contribution in [0.1, 0.15) is 22.2 Å². The van der Waals surface area contributed by atoms with Crippen molar-refractivity contribution in [1.29, 1.82) is 0 Å². The zero-order chi connectivity index (χ0) is 12.5. The number of aryl methyl sites for hydroxylation is 1. The lowest BCUT2D eigenvalue weighted by Gasteiger charge is -2.11. The van der Waals surface area contributed by atoms with E-state index in [1.807, 2.05) is 24.3 Å². The lowest BCUT2D eigenvalue weighted by Crippen LogP contribution is -2.13. The van der Waals surface area contributed by atoms with Crippen molar-refractivity contribution in [3.63, 3.8) is 0 Å². The van der Waals surface area contributed by atoms with Gasteiger partial charge in [0.05, 0.1) is 17.3 Å². The van der Waals surface area contributed by atoms with E-state index in [2.05, 4.69) is 35.5 Å². The molecule has 3 aromatic rings. The molecule has 0 saturated carbocycles. The van der Waals surface area contributed by atoms with Gasteiger partial charge in [0, 0.05) is 10.3 Å². The Balaban J connectivity index is 2.07. The van der Waals surface area contributed by atoms with Crippen molar-refractivity contribution in [3.05, 3.63) is 64.0 Å². The Morgan fingerprint density at radius 3 is 2.72 bits per heavy atom. The van der Waals surface area contributed by atoms with Gasteiger partial charge in [-0.1, -0.05) is 24.3 Å². The first-order chi connectivity index (χ1) is 8.75. The predicted octanol–water partition coefficient (Wildman–Crippen LogP) is 3.65. The van der Waals surface area contributed by atoms with Crippen molar-refractivity contribution in [2.45, 2.75) is 13.0 Å². The molecular formula is C15H14N2S. The van der Waals surface area contributed by atoms with Crippen LogP contribution in [-0.2, 0) is 0 Å². The zero-order valence-electron chi connectivity index (χ0n) is 10.1. The van der Waals surface area contributed by atoms with Crippen molar-refractivity contribution in [3.8, 4) is 0 Å². The highest BCUT2D eigenvalue weighted by Crippen LogP contribution is 2.26. The first-order valence-corrected chi connectivity index (χ1v) is 6.79. The third-order valence-electron chi connectivity index (χ3n) is 3.17. The van der Waals surface area contributed by atoms with E-state index in [0.717, 1.165) is 16.6 Å². The van der Waals surface area contributed by atoms with E-state index in [4.69, 9.17) is 5.73 Å². The van der Waals surface area contributed by atoms with E-state index in [9.17, 15) is 0 Å². The van der Waals surface area contributed by atoms with Gasteiger partial charge in [-0.05, 0) is 36.1 Å². The normalized spacial score (nSPS) is 12.8. The van der Waals surface area contributed by atoms with Gasteiger partial charge < -0.3 is 5.73 Å². The minimum atomic E-state index is -0.138. The number of hydrogen-bond donors (Lipinski definition) is 1. The fourth-order valence-corrected chi connectivity index (χ4v) is 2.88. The Kier molecular flexibility index (Phi) is 2.86. The molecule has 1 aromatic carbocycles. The number of nitrogens with two attached hydrogens (primary N) is 1. The minimum absolute atomic E-state index is 0.138. The van der Waals surface area contributed by atoms with Crippen molar-refractivity contribution in [2.24, 2.45) is 5.73 Å². The molecule has 0 aliphatic heterocycles. The van der Waals surface area contributed by atoms with Gasteiger partial charge in [-0.15, -0.1) is 11.3 Å². The summed E-state index contributed by atoms with van der Waals surface area (Å²) in [5.41, 5.74) is 9.39. The van der Waals surface area contributed by atoms with Crippen LogP contribution < -0.4 is 5.73 Å². The molecule has 1 unspecified atom stereocenters. The number of nitrogens with zero attached hydrogens (tertiary/aromatic N) is 1. The lowest BCUT2D eigenvalue weighted by atomic mass is 10.0. The summed E-state index contributed by atoms with van der Waals surface area (Å²) in [5.74, 6) is 0. The highest BCUT2D eigenvalue weighted by molar-refractivity contribution is 7.10. The van der Waals surface area contributed by atoms with Crippen LogP contribution in [0, 0.1) is 6.92 Å². The third kappa shape index (κ3) is 1.92. The van der Waals surface area contributed by atoms with E-state index in [-0.39, 0.29) is 6.04 Å². The second-order valence-corrected chi connectivity index (χ2v) is 5.46. The van der Waals surface area contributed by atoms with Crippen LogP contribution in [0.2, 0.25) is 0 Å². The molecular weight excluding hydrogens is 240 g/mol. The summed E-state index contributed by atoms with van der Waals surface area (Å²) in [6, 6.07) is 14.2. The monoisotopic (exact) mass is 254 g/mol. The van der Waals surface area contributed by atoms with Gasteiger partial charge in [-0.3, -0.25) is 4.98 Å². The molecule has 0 saturated heterocycles. The van der Waals surface area contributed by atoms with Crippen molar-refractivity contribution < 1.29 is 0 Å². The molecule has 90 valence electrons. The van der Waals surface area contributed by atoms with Crippen molar-refractivity contribution >= 4 is 22.2 Å². The van der Waals surface area contributed by atoms with E-state index < -0.39 is 0 Å². The average Bonchev–Trinajstić information content (AvgIpc) is 2.83. The maximum absolute atomic E-state index is 6.30. The Morgan fingerprint density at radius 1 is 1.11 bits per heavy atom. The van der Waals surface area contributed by atoms with Crippen LogP contribution in [-0.4, -0.2) is 4.98 Å². The fraction of sp³-hybridized carbons (Fsp3) is 0.133. The molecule has 0 amide bonds. The maximum Gasteiger partial charge on any atom is 0.0737 e. The molecule has 3 rings (SSSR count). The Hall–Kier alpha value is -1.71. The summed E-state index contributed by atoms with van der Waals surface area (Å²) in [7, 11) is 0. The molecule has 2 nitrogen and oxygen atoms in total. The largest absolute Gasteiger partial charge is 0.319 e. The van der Waals surface area contributed by atoms with E-state index >= 15 is 0 Å². The Bertz CT molecular complexity index is 688. The van der Waals surface area contributed by atoms with Crippen LogP contribution in [0.4, 0.5) is 0 Å². The van der Waals surface area contributed by atoms with Gasteiger partial charge >= 0.3 is 0 Å². The molecule has 0 radical (unpaired) electrons. The van der Waals surface area contributed by atoms with E-state index in [1.165, 1.54) is 10.4 Å². The number of fused-ring (bicyclic) bond motifs is 1. The minimum Gasteiger partial charge on any atom is -0.319 e. The highest BCUT2D eigenvalue weighted by Gasteiger charge is 2.13. The van der Waals surface area contributed by atoms with Crippen LogP contribution >= 0.6 is 11.3 Å². The van der Waals surface area contributed by atoms with Crippen LogP contribution in [0.3, 0.4) is 0 Å². The Morgan fingerprint density at radius 2 is 1.94 bits per heavy atom. The first kappa shape index (κ1) is 11.4. The number of rotatable bonds is 2. The van der Waals surface area contributed by atoms with E-state index in [1.54, 1.807) is 11.3 Å². The molecule has 2 N–H and O–H groups in total. The van der Waals surface area contributed by atoms with Crippen molar-refractivity contribution in [2.75, 3.05) is 0 Å². The summed E-state index contributed by atoms with van der Waals surface area (Å²) in [5, 5.41) is 3.22. The number of aromatic nitrogens is 1. The van der Waals surface area contributed by atoms with Gasteiger partial charge in [-0.25, -0.2) is 0 Å². The standard InChI is InChI=1S/C15H14N2S/c1-10-12(8-9-18-10)15(16)14-7-6-11-4-2-3-5-13(11)17-14/h2-9,15H,16H2,1H3. The highest BCUT2D eigenvalue weighted by atomic mass is 32.1. The van der Waals surface area contributed by atoms with Gasteiger partial charge in [0.1, 0.15) is 0 Å². The van der Waals surface area contributed by atoms with Crippen LogP contribution in [0.15, 0.2) is 47.8 Å². The number of hydrogen-bond acceptors (Lipinski definition) is 3. The molecule has 2 aromatic heterocycles. The van der Waals surface area contributed by atoms with Crippen LogP contribution in [0.25, 0.3) is 10.9 Å². The molecule has 0 aliphatic carbocycles. The second-order valence-electron chi connectivity index (χ2n) is 4.34. The maximum atomic E-state index is 6.30. The topological polar surface area (TPSA) is 38.9 Å². The Labute approximate surface area is 110 Å². The number of thiophene rings is 1. The SMILES string of the molecule is Cc1sccc1C(N)c1ccc2ccccc2n1. The van der Waals surface area contributed by atoms with Gasteiger partial charge in [-0.2, -0.15) is 0 Å². The van der Waals surface area contributed by atoms with Crippen molar-refractivity contribution in [1.82, 2.24) is 4.98 Å². The molecule has 0 spiro atoms. The predicted molar refractivity (Wildman–Crippen MR) is 76.8 cm³/mol.